The molecule has 2 heterocycles. The summed E-state index contributed by atoms with van der Waals surface area (Å²) in [7, 11) is 0. The zero-order valence-electron chi connectivity index (χ0n) is 50.3. The molecule has 90 heavy (non-hydrogen) atoms. The molecule has 2 saturated carbocycles. The minimum atomic E-state index is -2.63. The van der Waals surface area contributed by atoms with Crippen molar-refractivity contribution in [2.45, 2.75) is 140 Å². The van der Waals surface area contributed by atoms with Crippen LogP contribution >= 0.6 is 0 Å². The highest BCUT2D eigenvalue weighted by molar-refractivity contribution is 5.97. The number of hydrogen-bond donors (Lipinski definition) is 4. The number of carboxylic acids is 1. The third-order valence-corrected chi connectivity index (χ3v) is 17.6. The van der Waals surface area contributed by atoms with E-state index in [9.17, 15) is 48.6 Å². The molecule has 0 unspecified atom stereocenters. The SMILES string of the molecule is CC(=O)O[C@H]1C(=O)[C@]2(C)[C@@H](OC(=O)Cc3ccccc3)C[C@H]3OC[C@@]3(OC(C)=O)[C@H]2[C@H](OC(=O)c2ccccc2)[C@]2(O)C[C@H](OC(=O)[C@H](OC(=O)Cc3ccccc3)[C@@H](NC(=O)[C@@H](CCC(=O)O)NC(=O)/C=C/c3ccoc3)c3ccccc3)C(C)=C1C2(C)C. The summed E-state index contributed by atoms with van der Waals surface area (Å²) in [6, 6.07) is 30.6. The quantitative estimate of drug-likeness (QED) is 0.0243. The van der Waals surface area contributed by atoms with Crippen molar-refractivity contribution in [2.24, 2.45) is 16.7 Å². The van der Waals surface area contributed by atoms with Gasteiger partial charge < -0.3 is 58.4 Å². The van der Waals surface area contributed by atoms with Crippen molar-refractivity contribution < 1.29 is 95.7 Å². The van der Waals surface area contributed by atoms with E-state index in [2.05, 4.69) is 10.6 Å². The number of aliphatic carboxylic acids is 1. The second-order valence-electron chi connectivity index (χ2n) is 23.7. The molecular formula is C68H70N2O20. The molecule has 2 bridgehead atoms. The number of fused-ring (bicyclic) bond motifs is 5. The lowest BCUT2D eigenvalue weighted by molar-refractivity contribution is -0.346. The maximum Gasteiger partial charge on any atom is 0.350 e. The lowest BCUT2D eigenvalue weighted by Gasteiger charge is -2.67. The summed E-state index contributed by atoms with van der Waals surface area (Å²) in [4.78, 5) is 143. The van der Waals surface area contributed by atoms with Crippen molar-refractivity contribution in [3.63, 3.8) is 0 Å². The van der Waals surface area contributed by atoms with Crippen molar-refractivity contribution in [3.05, 3.63) is 185 Å². The van der Waals surface area contributed by atoms with E-state index in [1.54, 1.807) is 103 Å². The third kappa shape index (κ3) is 13.5. The van der Waals surface area contributed by atoms with E-state index in [4.69, 9.17) is 37.6 Å². The molecule has 472 valence electrons. The average Bonchev–Trinajstić information content (AvgIpc) is 0.704. The molecule has 1 saturated heterocycles. The predicted octanol–water partition coefficient (Wildman–Crippen LogP) is 6.67. The molecule has 4 N–H and O–H groups in total. The Kier molecular flexibility index (Phi) is 19.5. The number of aliphatic hydroxyl groups is 1. The number of carboxylic acid groups (broad SMARTS) is 1. The molecule has 3 fully saturated rings. The average molecular weight is 1240 g/mol. The van der Waals surface area contributed by atoms with Crippen LogP contribution in [0.25, 0.3) is 6.08 Å². The molecule has 1 aliphatic heterocycles. The molecule has 3 aliphatic carbocycles. The normalized spacial score (nSPS) is 25.7. The Bertz CT molecular complexity index is 3570. The molecule has 22 heteroatoms. The largest absolute Gasteiger partial charge is 0.481 e. The number of ether oxygens (including phenoxy) is 7. The van der Waals surface area contributed by atoms with Crippen molar-refractivity contribution >= 4 is 65.5 Å². The molecule has 9 rings (SSSR count). The smallest absolute Gasteiger partial charge is 0.350 e. The monoisotopic (exact) mass is 1230 g/mol. The predicted molar refractivity (Wildman–Crippen MR) is 317 cm³/mol. The first-order chi connectivity index (χ1) is 42.9. The Hall–Kier alpha value is -9.54. The van der Waals surface area contributed by atoms with Gasteiger partial charge in [-0.1, -0.05) is 123 Å². The van der Waals surface area contributed by atoms with E-state index < -0.39 is 168 Å². The van der Waals surface area contributed by atoms with Crippen molar-refractivity contribution in [1.82, 2.24) is 10.6 Å². The van der Waals surface area contributed by atoms with Crippen LogP contribution in [0.2, 0.25) is 0 Å². The van der Waals surface area contributed by atoms with Crippen LogP contribution < -0.4 is 10.6 Å². The number of furan rings is 1. The van der Waals surface area contributed by atoms with Crippen LogP contribution in [0.3, 0.4) is 0 Å². The van der Waals surface area contributed by atoms with Gasteiger partial charge in [0.15, 0.2) is 17.5 Å². The first-order valence-corrected chi connectivity index (χ1v) is 29.3. The van der Waals surface area contributed by atoms with Crippen LogP contribution in [-0.4, -0.2) is 130 Å². The summed E-state index contributed by atoms with van der Waals surface area (Å²) in [5, 5.41) is 29.4. The summed E-state index contributed by atoms with van der Waals surface area (Å²) >= 11 is 0. The van der Waals surface area contributed by atoms with E-state index in [0.717, 1.165) is 19.9 Å². The highest BCUT2D eigenvalue weighted by atomic mass is 16.6. The molecule has 12 atom stereocenters. The van der Waals surface area contributed by atoms with Crippen LogP contribution in [0.1, 0.15) is 106 Å². The second kappa shape index (κ2) is 27.1. The molecule has 1 aromatic heterocycles. The second-order valence-corrected chi connectivity index (χ2v) is 23.7. The van der Waals surface area contributed by atoms with Gasteiger partial charge in [0.05, 0.1) is 48.9 Å². The van der Waals surface area contributed by atoms with Crippen LogP contribution in [0, 0.1) is 16.7 Å². The van der Waals surface area contributed by atoms with Crippen molar-refractivity contribution in [2.75, 3.05) is 6.61 Å². The molecule has 22 nitrogen and oxygen atoms in total. The van der Waals surface area contributed by atoms with Gasteiger partial charge in [0, 0.05) is 50.2 Å². The van der Waals surface area contributed by atoms with Gasteiger partial charge in [-0.25, -0.2) is 9.59 Å². The summed E-state index contributed by atoms with van der Waals surface area (Å²) < 4.78 is 49.3. The number of ketones is 1. The van der Waals surface area contributed by atoms with E-state index in [1.807, 2.05) is 0 Å². The van der Waals surface area contributed by atoms with Gasteiger partial charge >= 0.3 is 41.8 Å². The van der Waals surface area contributed by atoms with Crippen LogP contribution in [0.4, 0.5) is 0 Å². The molecule has 0 spiro atoms. The van der Waals surface area contributed by atoms with Gasteiger partial charge in [-0.2, -0.15) is 0 Å². The summed E-state index contributed by atoms with van der Waals surface area (Å²) in [6.45, 7) is 7.61. The lowest BCUT2D eigenvalue weighted by atomic mass is 9.44. The van der Waals surface area contributed by atoms with Gasteiger partial charge in [-0.05, 0) is 72.4 Å². The van der Waals surface area contributed by atoms with E-state index in [1.165, 1.54) is 70.6 Å². The van der Waals surface area contributed by atoms with Gasteiger partial charge in [-0.3, -0.25) is 38.4 Å². The van der Waals surface area contributed by atoms with Crippen molar-refractivity contribution in [3.8, 4) is 0 Å². The third-order valence-electron chi connectivity index (χ3n) is 17.6. The van der Waals surface area contributed by atoms with Crippen molar-refractivity contribution in [1.29, 1.82) is 0 Å². The van der Waals surface area contributed by atoms with E-state index >= 15 is 9.59 Å². The maximum atomic E-state index is 16.6. The number of esters is 6. The minimum absolute atomic E-state index is 0.0215. The molecule has 5 aromatic rings. The first-order valence-electron chi connectivity index (χ1n) is 29.3. The van der Waals surface area contributed by atoms with E-state index in [0.29, 0.717) is 16.7 Å². The number of rotatable bonds is 22. The van der Waals surface area contributed by atoms with Crippen LogP contribution in [0.15, 0.2) is 162 Å². The molecular weight excluding hydrogens is 1160 g/mol. The molecule has 2 amide bonds. The number of carbonyl (C=O) groups is 10. The number of benzene rings is 4. The summed E-state index contributed by atoms with van der Waals surface area (Å²) in [6.07, 6.45) is -8.21. The van der Waals surface area contributed by atoms with Crippen LogP contribution in [0.5, 0.6) is 0 Å². The summed E-state index contributed by atoms with van der Waals surface area (Å²) in [5.74, 6) is -11.9. The molecule has 0 radical (unpaired) electrons. The summed E-state index contributed by atoms with van der Waals surface area (Å²) in [5.41, 5.74) is -7.16. The first kappa shape index (κ1) is 64.9. The molecule has 4 aromatic carbocycles. The number of hydrogen-bond acceptors (Lipinski definition) is 19. The number of carbonyl (C=O) groups excluding carboxylic acids is 9. The number of amides is 2. The Morgan fingerprint density at radius 1 is 0.744 bits per heavy atom. The fraction of sp³-hybridized carbons (Fsp3) is 0.382. The highest BCUT2D eigenvalue weighted by Crippen LogP contribution is 2.65. The Morgan fingerprint density at radius 2 is 1.36 bits per heavy atom. The lowest BCUT2D eigenvalue weighted by Crippen LogP contribution is -2.82. The van der Waals surface area contributed by atoms with E-state index in [-0.39, 0.29) is 35.1 Å². The van der Waals surface area contributed by atoms with Crippen LogP contribution in [-0.2, 0) is 89.2 Å². The zero-order chi connectivity index (χ0) is 64.7. The standard InChI is InChI=1S/C68H70N2O20/c1-39-48(86-64(81)58(88-54(77)34-43-21-13-8-14-22-43)56(45-23-15-9-16-24-45)70-62(79)47(28-30-52(74)75)69-51(73)29-27-44-31-32-83-37-44)36-68(82)61(89-63(80)46-25-17-10-18-26-46)59-66(6,60(78)57(85-40(2)71)55(39)65(68,4)5)49(35-50-67(59,38-84-50)90-41(3)72)87-53(76)33-42-19-11-7-12-20-42/h7-27,29,31-32,37,47-50,56-59,61,82H,28,30,33-36,38H2,1-6H3,(H,69,73)(H,70,79)(H,74,75)/b29-27+/t47-,48+,49+,50-,56+,57-,58-,59+,61+,66-,67+,68-/m1/s1. The van der Waals surface area contributed by atoms with Gasteiger partial charge in [0.2, 0.25) is 17.9 Å². The number of Topliss-reactive ketones (excluding diaryl/α,β-unsaturated/α-hetero) is 1. The minimum Gasteiger partial charge on any atom is -0.481 e. The fourth-order valence-electron chi connectivity index (χ4n) is 13.1. The fourth-order valence-corrected chi connectivity index (χ4v) is 13.1. The highest BCUT2D eigenvalue weighted by Gasteiger charge is 2.79. The topological polar surface area (TPSA) is 313 Å². The molecule has 4 aliphatic rings. The maximum absolute atomic E-state index is 16.6. The zero-order valence-corrected chi connectivity index (χ0v) is 50.3. The Labute approximate surface area is 518 Å². The Morgan fingerprint density at radius 3 is 1.92 bits per heavy atom. The van der Waals surface area contributed by atoms with Gasteiger partial charge in [-0.15, -0.1) is 0 Å². The van der Waals surface area contributed by atoms with Gasteiger partial charge in [0.1, 0.15) is 42.1 Å². The number of nitrogens with one attached hydrogen (secondary N) is 2. The Balaban J connectivity index is 1.19. The van der Waals surface area contributed by atoms with Gasteiger partial charge in [0.25, 0.3) is 0 Å².